The normalized spacial score (nSPS) is 13.2. The van der Waals surface area contributed by atoms with Crippen LogP contribution in [-0.4, -0.2) is 35.1 Å². The highest BCUT2D eigenvalue weighted by molar-refractivity contribution is 5.98. The van der Waals surface area contributed by atoms with Gasteiger partial charge < -0.3 is 23.9 Å². The van der Waals surface area contributed by atoms with Gasteiger partial charge in [0.2, 0.25) is 5.82 Å². The Balaban J connectivity index is 1.51. The fraction of sp³-hybridized carbons (Fsp3) is 0.222. The first kappa shape index (κ1) is 16.8. The van der Waals surface area contributed by atoms with Gasteiger partial charge in [-0.15, -0.1) is 0 Å². The summed E-state index contributed by atoms with van der Waals surface area (Å²) in [4.78, 5) is 29.8. The Hall–Kier alpha value is -3.62. The van der Waals surface area contributed by atoms with E-state index in [1.54, 1.807) is 35.2 Å². The number of hydrogen-bond donors (Lipinski definition) is 1. The summed E-state index contributed by atoms with van der Waals surface area (Å²) >= 11 is 0. The molecule has 2 aromatic heterocycles. The van der Waals surface area contributed by atoms with Crippen LogP contribution in [0.25, 0.3) is 11.4 Å². The molecule has 138 valence electrons. The van der Waals surface area contributed by atoms with Gasteiger partial charge in [0.1, 0.15) is 11.5 Å². The molecular formula is C18H16N4O5. The summed E-state index contributed by atoms with van der Waals surface area (Å²) in [5.74, 6) is 0.688. The number of aromatic nitrogens is 2. The minimum atomic E-state index is -0.498. The molecule has 0 radical (unpaired) electrons. The minimum absolute atomic E-state index is 0.0169. The van der Waals surface area contributed by atoms with E-state index in [2.05, 4.69) is 15.5 Å². The van der Waals surface area contributed by atoms with Crippen molar-refractivity contribution in [2.24, 2.45) is 0 Å². The molecule has 0 saturated carbocycles. The number of hydrogen-bond acceptors (Lipinski definition) is 7. The van der Waals surface area contributed by atoms with Crippen molar-refractivity contribution in [1.82, 2.24) is 15.5 Å². The van der Waals surface area contributed by atoms with E-state index in [1.165, 1.54) is 6.26 Å². The molecule has 3 heterocycles. The van der Waals surface area contributed by atoms with Crippen molar-refractivity contribution < 1.29 is 23.3 Å². The van der Waals surface area contributed by atoms with E-state index in [1.807, 2.05) is 6.92 Å². The van der Waals surface area contributed by atoms with E-state index in [0.29, 0.717) is 29.3 Å². The zero-order valence-corrected chi connectivity index (χ0v) is 14.5. The molecule has 1 aromatic carbocycles. The lowest BCUT2D eigenvalue weighted by Crippen LogP contribution is -2.38. The molecule has 3 aromatic rings. The molecule has 2 amide bonds. The van der Waals surface area contributed by atoms with Gasteiger partial charge in [0, 0.05) is 12.1 Å². The third-order valence-corrected chi connectivity index (χ3v) is 4.10. The molecule has 0 atom stereocenters. The number of rotatable bonds is 5. The number of anilines is 1. The molecule has 4 rings (SSSR count). The van der Waals surface area contributed by atoms with Gasteiger partial charge >= 0.3 is 11.8 Å². The minimum Gasteiger partial charge on any atom is -0.482 e. The Morgan fingerprint density at radius 3 is 3.00 bits per heavy atom. The number of fused-ring (bicyclic) bond motifs is 1. The standard InChI is InChI=1S/C18H16N4O5/c1-2-22-13-6-5-11(8-14(13)26-10-15(22)23)16-20-18(27-21-16)17(24)19-9-12-4-3-7-25-12/h3-8H,2,9-10H2,1H3,(H,19,24). The van der Waals surface area contributed by atoms with Crippen LogP contribution in [0.5, 0.6) is 5.75 Å². The molecule has 9 nitrogen and oxygen atoms in total. The average molecular weight is 368 g/mol. The topological polar surface area (TPSA) is 111 Å². The number of nitrogens with zero attached hydrogens (tertiary/aromatic N) is 3. The van der Waals surface area contributed by atoms with Gasteiger partial charge in [-0.2, -0.15) is 4.98 Å². The van der Waals surface area contributed by atoms with Crippen molar-refractivity contribution in [3.63, 3.8) is 0 Å². The zero-order valence-electron chi connectivity index (χ0n) is 14.5. The molecule has 0 saturated heterocycles. The molecule has 1 N–H and O–H groups in total. The summed E-state index contributed by atoms with van der Waals surface area (Å²) in [5.41, 5.74) is 1.31. The lowest BCUT2D eigenvalue weighted by Gasteiger charge is -2.28. The number of likely N-dealkylation sites (N-methyl/N-ethyl adjacent to an activating group) is 1. The second-order valence-electron chi connectivity index (χ2n) is 5.79. The fourth-order valence-electron chi connectivity index (χ4n) is 2.78. The highest BCUT2D eigenvalue weighted by Gasteiger charge is 2.25. The number of ether oxygens (including phenoxy) is 1. The molecule has 0 spiro atoms. The number of furan rings is 1. The summed E-state index contributed by atoms with van der Waals surface area (Å²) in [6, 6.07) is 8.71. The Bertz CT molecular complexity index is 980. The molecule has 9 heteroatoms. The summed E-state index contributed by atoms with van der Waals surface area (Å²) in [7, 11) is 0. The Morgan fingerprint density at radius 1 is 1.33 bits per heavy atom. The largest absolute Gasteiger partial charge is 0.482 e. The Kier molecular flexibility index (Phi) is 4.33. The van der Waals surface area contributed by atoms with E-state index in [9.17, 15) is 9.59 Å². The van der Waals surface area contributed by atoms with Crippen molar-refractivity contribution in [2.45, 2.75) is 13.5 Å². The summed E-state index contributed by atoms with van der Waals surface area (Å²) in [5, 5.41) is 6.49. The lowest BCUT2D eigenvalue weighted by atomic mass is 10.1. The van der Waals surface area contributed by atoms with Gasteiger partial charge in [-0.05, 0) is 37.3 Å². The molecule has 0 bridgehead atoms. The van der Waals surface area contributed by atoms with E-state index in [0.717, 1.165) is 0 Å². The van der Waals surface area contributed by atoms with E-state index < -0.39 is 5.91 Å². The van der Waals surface area contributed by atoms with Crippen LogP contribution in [0.4, 0.5) is 5.69 Å². The maximum atomic E-state index is 12.1. The molecule has 0 fully saturated rings. The third kappa shape index (κ3) is 3.26. The van der Waals surface area contributed by atoms with Crippen LogP contribution in [0, 0.1) is 0 Å². The molecule has 0 unspecified atom stereocenters. The lowest BCUT2D eigenvalue weighted by molar-refractivity contribution is -0.121. The highest BCUT2D eigenvalue weighted by atomic mass is 16.5. The summed E-state index contributed by atoms with van der Waals surface area (Å²) < 4.78 is 15.7. The first-order valence-electron chi connectivity index (χ1n) is 8.37. The number of carbonyl (C=O) groups is 2. The number of nitrogens with one attached hydrogen (secondary N) is 1. The molecule has 27 heavy (non-hydrogen) atoms. The zero-order chi connectivity index (χ0) is 18.8. The highest BCUT2D eigenvalue weighted by Crippen LogP contribution is 2.35. The number of benzene rings is 1. The van der Waals surface area contributed by atoms with Gasteiger partial charge in [-0.25, -0.2) is 0 Å². The molecule has 0 aliphatic carbocycles. The second kappa shape index (κ2) is 6.94. The van der Waals surface area contributed by atoms with Crippen LogP contribution in [0.15, 0.2) is 45.5 Å². The van der Waals surface area contributed by atoms with Crippen LogP contribution in [0.1, 0.15) is 23.4 Å². The van der Waals surface area contributed by atoms with Gasteiger partial charge in [-0.3, -0.25) is 9.59 Å². The first-order valence-corrected chi connectivity index (χ1v) is 8.37. The van der Waals surface area contributed by atoms with Gasteiger partial charge in [0.25, 0.3) is 5.91 Å². The summed E-state index contributed by atoms with van der Waals surface area (Å²) in [6.45, 7) is 2.65. The van der Waals surface area contributed by atoms with Crippen LogP contribution in [-0.2, 0) is 11.3 Å². The van der Waals surface area contributed by atoms with E-state index in [4.69, 9.17) is 13.7 Å². The SMILES string of the molecule is CCN1C(=O)COc2cc(-c3noc(C(=O)NCc4ccco4)n3)ccc21. The monoisotopic (exact) mass is 368 g/mol. The first-order chi connectivity index (χ1) is 13.2. The Morgan fingerprint density at radius 2 is 2.22 bits per heavy atom. The predicted molar refractivity (Wildman–Crippen MR) is 93.1 cm³/mol. The molecular weight excluding hydrogens is 352 g/mol. The van der Waals surface area contributed by atoms with Gasteiger partial charge in [-0.1, -0.05) is 5.16 Å². The number of carbonyl (C=O) groups excluding carboxylic acids is 2. The van der Waals surface area contributed by atoms with E-state index in [-0.39, 0.29) is 30.8 Å². The number of amides is 2. The third-order valence-electron chi connectivity index (χ3n) is 4.10. The van der Waals surface area contributed by atoms with Crippen LogP contribution < -0.4 is 15.0 Å². The van der Waals surface area contributed by atoms with Crippen LogP contribution >= 0.6 is 0 Å². The summed E-state index contributed by atoms with van der Waals surface area (Å²) in [6.07, 6.45) is 1.53. The van der Waals surface area contributed by atoms with E-state index >= 15 is 0 Å². The molecule has 1 aliphatic rings. The maximum absolute atomic E-state index is 12.1. The van der Waals surface area contributed by atoms with Crippen molar-refractivity contribution in [1.29, 1.82) is 0 Å². The fourth-order valence-corrected chi connectivity index (χ4v) is 2.78. The van der Waals surface area contributed by atoms with Crippen LogP contribution in [0.3, 0.4) is 0 Å². The van der Waals surface area contributed by atoms with Crippen molar-refractivity contribution in [2.75, 3.05) is 18.1 Å². The van der Waals surface area contributed by atoms with Crippen molar-refractivity contribution in [3.8, 4) is 17.1 Å². The van der Waals surface area contributed by atoms with Crippen molar-refractivity contribution >= 4 is 17.5 Å². The van der Waals surface area contributed by atoms with Gasteiger partial charge in [0.05, 0.1) is 18.5 Å². The molecule has 1 aliphatic heterocycles. The maximum Gasteiger partial charge on any atom is 0.316 e. The van der Waals surface area contributed by atoms with Crippen molar-refractivity contribution in [3.05, 3.63) is 48.2 Å². The van der Waals surface area contributed by atoms with Crippen LogP contribution in [0.2, 0.25) is 0 Å². The predicted octanol–water partition coefficient (Wildman–Crippen LogP) is 2.00. The second-order valence-corrected chi connectivity index (χ2v) is 5.79. The smallest absolute Gasteiger partial charge is 0.316 e. The quantitative estimate of drug-likeness (QED) is 0.733. The Labute approximate surface area is 153 Å². The average Bonchev–Trinajstić information content (AvgIpc) is 3.38. The van der Waals surface area contributed by atoms with Gasteiger partial charge in [0.15, 0.2) is 6.61 Å².